The first-order valence-electron chi connectivity index (χ1n) is 14.4. The second-order valence-electron chi connectivity index (χ2n) is 11.2. The summed E-state index contributed by atoms with van der Waals surface area (Å²) in [5.41, 5.74) is 3.45. The van der Waals surface area contributed by atoms with E-state index in [-0.39, 0.29) is 30.1 Å². The van der Waals surface area contributed by atoms with Gasteiger partial charge in [0, 0.05) is 30.6 Å². The lowest BCUT2D eigenvalue weighted by atomic mass is 10.0. The number of hydrogen-bond donors (Lipinski definition) is 2. The molecule has 1 aromatic heterocycles. The second kappa shape index (κ2) is 12.6. The fourth-order valence-corrected chi connectivity index (χ4v) is 5.43. The van der Waals surface area contributed by atoms with Crippen LogP contribution in [0.2, 0.25) is 0 Å². The molecule has 2 aliphatic rings. The number of nitrogens with one attached hydrogen (secondary N) is 2. The molecule has 0 unspecified atom stereocenters. The van der Waals surface area contributed by atoms with Gasteiger partial charge in [0.2, 0.25) is 11.8 Å². The molecule has 41 heavy (non-hydrogen) atoms. The largest absolute Gasteiger partial charge is 0.372 e. The van der Waals surface area contributed by atoms with Gasteiger partial charge in [0.1, 0.15) is 11.9 Å². The Labute approximate surface area is 240 Å². The van der Waals surface area contributed by atoms with Crippen molar-refractivity contribution in [1.29, 1.82) is 0 Å². The first-order chi connectivity index (χ1) is 19.8. The van der Waals surface area contributed by atoms with Crippen LogP contribution in [0.25, 0.3) is 11.4 Å². The van der Waals surface area contributed by atoms with E-state index < -0.39 is 12.1 Å². The summed E-state index contributed by atoms with van der Waals surface area (Å²) in [7, 11) is 0. The number of nitrogens with zero attached hydrogens (tertiary/aromatic N) is 4. The highest BCUT2D eigenvalue weighted by molar-refractivity contribution is 5.96. The highest BCUT2D eigenvalue weighted by Gasteiger charge is 2.28. The van der Waals surface area contributed by atoms with Crippen LogP contribution in [0.4, 0.5) is 0 Å². The Hall–Kier alpha value is -4.05. The number of fused-ring (bicyclic) bond motifs is 2. The fraction of sp³-hybridized carbons (Fsp3) is 0.452. The Morgan fingerprint density at radius 1 is 1.02 bits per heavy atom. The van der Waals surface area contributed by atoms with Crippen molar-refractivity contribution in [3.8, 4) is 11.4 Å². The summed E-state index contributed by atoms with van der Waals surface area (Å²) < 4.78 is 7.40. The zero-order chi connectivity index (χ0) is 28.9. The summed E-state index contributed by atoms with van der Waals surface area (Å²) in [4.78, 5) is 46.7. The van der Waals surface area contributed by atoms with E-state index in [4.69, 9.17) is 14.8 Å². The molecule has 10 nitrogen and oxygen atoms in total. The first-order valence-corrected chi connectivity index (χ1v) is 14.4. The molecule has 3 amide bonds. The van der Waals surface area contributed by atoms with Crippen LogP contribution in [0, 0.1) is 5.92 Å². The van der Waals surface area contributed by atoms with Crippen molar-refractivity contribution in [3.05, 3.63) is 71.0 Å². The Kier molecular flexibility index (Phi) is 8.78. The van der Waals surface area contributed by atoms with Gasteiger partial charge < -0.3 is 20.3 Å². The number of carbonyl (C=O) groups is 3. The number of aromatic nitrogens is 3. The molecule has 0 fully saturated rings. The highest BCUT2D eigenvalue weighted by atomic mass is 16.5. The molecule has 2 aliphatic heterocycles. The molecule has 5 rings (SSSR count). The molecule has 2 atom stereocenters. The molecule has 2 aromatic carbocycles. The van der Waals surface area contributed by atoms with Gasteiger partial charge in [-0.15, -0.1) is 0 Å². The third-order valence-corrected chi connectivity index (χ3v) is 7.55. The van der Waals surface area contributed by atoms with Crippen molar-refractivity contribution in [2.24, 2.45) is 5.92 Å². The average molecular weight is 559 g/mol. The Morgan fingerprint density at radius 2 is 1.83 bits per heavy atom. The van der Waals surface area contributed by atoms with E-state index in [1.807, 2.05) is 69.3 Å². The first kappa shape index (κ1) is 28.5. The predicted molar refractivity (Wildman–Crippen MR) is 153 cm³/mol. The van der Waals surface area contributed by atoms with Crippen LogP contribution in [0.3, 0.4) is 0 Å². The maximum absolute atomic E-state index is 13.9. The summed E-state index contributed by atoms with van der Waals surface area (Å²) in [5, 5.41) is 10.8. The standard InChI is InChI=1S/C31H38N6O4/c1-20(2)17-26-30(39)32-21(3)29-34-28(22-9-5-4-6-10-22)35-37(29)16-15-36(14-8-13-27(38)33-26)31(40)24-12-7-11-23-18-41-19-25(23)24/h4-7,9-12,20-21,26H,8,13-19H2,1-3H3,(H,32,39)(H,33,38)/t21-,26-/m1/s1. The van der Waals surface area contributed by atoms with Crippen LogP contribution in [0.15, 0.2) is 48.5 Å². The van der Waals surface area contributed by atoms with Gasteiger partial charge in [-0.25, -0.2) is 9.67 Å². The molecule has 2 N–H and O–H groups in total. The number of rotatable bonds is 4. The third-order valence-electron chi connectivity index (χ3n) is 7.55. The molecule has 0 aliphatic carbocycles. The van der Waals surface area contributed by atoms with Gasteiger partial charge in [0.15, 0.2) is 5.82 Å². The molecular weight excluding hydrogens is 520 g/mol. The summed E-state index contributed by atoms with van der Waals surface area (Å²) in [6, 6.07) is 14.3. The van der Waals surface area contributed by atoms with Crippen LogP contribution in [0.5, 0.6) is 0 Å². The molecule has 0 saturated heterocycles. The second-order valence-corrected chi connectivity index (χ2v) is 11.2. The highest BCUT2D eigenvalue weighted by Crippen LogP contribution is 2.25. The number of carbonyl (C=O) groups excluding carboxylic acids is 3. The van der Waals surface area contributed by atoms with Crippen molar-refractivity contribution in [3.63, 3.8) is 0 Å². The zero-order valence-electron chi connectivity index (χ0n) is 23.9. The van der Waals surface area contributed by atoms with Crippen LogP contribution in [-0.2, 0) is 34.1 Å². The molecule has 0 saturated carbocycles. The van der Waals surface area contributed by atoms with Gasteiger partial charge in [-0.05, 0) is 42.9 Å². The van der Waals surface area contributed by atoms with Gasteiger partial charge in [0.25, 0.3) is 5.91 Å². The molecular formula is C31H38N6O4. The Balaban J connectivity index is 1.48. The zero-order valence-corrected chi connectivity index (χ0v) is 23.9. The van der Waals surface area contributed by atoms with Gasteiger partial charge in [-0.1, -0.05) is 56.3 Å². The van der Waals surface area contributed by atoms with Crippen LogP contribution in [-0.4, -0.2) is 56.5 Å². The molecule has 0 spiro atoms. The number of amides is 3. The maximum Gasteiger partial charge on any atom is 0.254 e. The van der Waals surface area contributed by atoms with Crippen molar-refractivity contribution >= 4 is 17.7 Å². The van der Waals surface area contributed by atoms with Crippen LogP contribution in [0.1, 0.15) is 73.4 Å². The van der Waals surface area contributed by atoms with Gasteiger partial charge in [-0.2, -0.15) is 5.10 Å². The quantitative estimate of drug-likeness (QED) is 0.505. The number of hydrogen-bond acceptors (Lipinski definition) is 6. The van der Waals surface area contributed by atoms with E-state index in [0.29, 0.717) is 62.9 Å². The van der Waals surface area contributed by atoms with E-state index in [1.54, 1.807) is 9.58 Å². The summed E-state index contributed by atoms with van der Waals surface area (Å²) in [6.07, 6.45) is 1.19. The lowest BCUT2D eigenvalue weighted by molar-refractivity contribution is -0.129. The number of ether oxygens (including phenoxy) is 1. The normalized spacial score (nSPS) is 20.1. The summed E-state index contributed by atoms with van der Waals surface area (Å²) in [6.45, 7) is 7.96. The minimum absolute atomic E-state index is 0.0937. The van der Waals surface area contributed by atoms with Gasteiger partial charge >= 0.3 is 0 Å². The molecule has 216 valence electrons. The topological polar surface area (TPSA) is 118 Å². The monoisotopic (exact) mass is 558 g/mol. The van der Waals surface area contributed by atoms with E-state index in [9.17, 15) is 14.4 Å². The minimum atomic E-state index is -0.664. The Morgan fingerprint density at radius 3 is 2.61 bits per heavy atom. The Bertz CT molecular complexity index is 1400. The van der Waals surface area contributed by atoms with Crippen molar-refractivity contribution < 1.29 is 19.1 Å². The third kappa shape index (κ3) is 6.65. The van der Waals surface area contributed by atoms with E-state index in [0.717, 1.165) is 16.7 Å². The molecule has 0 radical (unpaired) electrons. The summed E-state index contributed by atoms with van der Waals surface area (Å²) >= 11 is 0. The molecule has 0 bridgehead atoms. The maximum atomic E-state index is 13.9. The van der Waals surface area contributed by atoms with Gasteiger partial charge in [-0.3, -0.25) is 14.4 Å². The van der Waals surface area contributed by atoms with E-state index in [2.05, 4.69) is 10.6 Å². The molecule has 3 heterocycles. The predicted octanol–water partition coefficient (Wildman–Crippen LogP) is 3.62. The minimum Gasteiger partial charge on any atom is -0.372 e. The number of benzene rings is 2. The van der Waals surface area contributed by atoms with Crippen molar-refractivity contribution in [1.82, 2.24) is 30.3 Å². The smallest absolute Gasteiger partial charge is 0.254 e. The van der Waals surface area contributed by atoms with Crippen LogP contribution < -0.4 is 10.6 Å². The lowest BCUT2D eigenvalue weighted by Gasteiger charge is -2.26. The molecule has 3 aromatic rings. The fourth-order valence-electron chi connectivity index (χ4n) is 5.43. The van der Waals surface area contributed by atoms with Crippen molar-refractivity contribution in [2.75, 3.05) is 13.1 Å². The lowest BCUT2D eigenvalue weighted by Crippen LogP contribution is -2.48. The average Bonchev–Trinajstić information content (AvgIpc) is 3.61. The SMILES string of the molecule is CC(C)C[C@H]1NC(=O)CCCN(C(=O)c2cccc3c2COC3)CCn2nc(-c3ccccc3)nc2[C@@H](C)NC1=O. The summed E-state index contributed by atoms with van der Waals surface area (Å²) in [5.74, 6) is 0.803. The molecule has 10 heteroatoms. The van der Waals surface area contributed by atoms with Gasteiger partial charge in [0.05, 0.1) is 25.8 Å². The van der Waals surface area contributed by atoms with E-state index >= 15 is 0 Å². The van der Waals surface area contributed by atoms with Crippen LogP contribution >= 0.6 is 0 Å². The van der Waals surface area contributed by atoms with Crippen molar-refractivity contribution in [2.45, 2.75) is 71.9 Å². The van der Waals surface area contributed by atoms with E-state index in [1.165, 1.54) is 0 Å².